The second-order valence-corrected chi connectivity index (χ2v) is 11.2. The van der Waals surface area contributed by atoms with Crippen LogP contribution in [0.3, 0.4) is 0 Å². The Labute approximate surface area is 248 Å². The predicted octanol–water partition coefficient (Wildman–Crippen LogP) is 4.68. The fourth-order valence-corrected chi connectivity index (χ4v) is 5.97. The topological polar surface area (TPSA) is 97.9 Å². The Hall–Kier alpha value is -3.74. The molecule has 13 heteroatoms. The zero-order chi connectivity index (χ0) is 29.2. The lowest BCUT2D eigenvalue weighted by atomic mass is 10.0. The van der Waals surface area contributed by atoms with Crippen LogP contribution in [-0.2, 0) is 6.54 Å². The fraction of sp³-hybridized carbons (Fsp3) is 0.414. The van der Waals surface area contributed by atoms with Crippen molar-refractivity contribution in [1.82, 2.24) is 25.1 Å². The van der Waals surface area contributed by atoms with Gasteiger partial charge in [0.2, 0.25) is 5.95 Å². The highest BCUT2D eigenvalue weighted by Gasteiger charge is 2.27. The van der Waals surface area contributed by atoms with Gasteiger partial charge in [0.05, 0.1) is 23.1 Å². The Kier molecular flexibility index (Phi) is 8.27. The Morgan fingerprint density at radius 3 is 2.60 bits per heavy atom. The van der Waals surface area contributed by atoms with E-state index in [0.717, 1.165) is 63.4 Å². The van der Waals surface area contributed by atoms with Crippen LogP contribution in [-0.4, -0.2) is 84.6 Å². The smallest absolute Gasteiger partial charge is 0.387 e. The molecule has 0 atom stereocenters. The lowest BCUT2D eigenvalue weighted by Gasteiger charge is -2.42. The number of rotatable bonds is 8. The molecule has 42 heavy (non-hydrogen) atoms. The lowest BCUT2D eigenvalue weighted by molar-refractivity contribution is -0.0493. The average molecular weight is 599 g/mol. The van der Waals surface area contributed by atoms with Crippen LogP contribution in [0.15, 0.2) is 42.6 Å². The number of ether oxygens (including phenoxy) is 1. The third kappa shape index (κ3) is 6.20. The molecule has 6 rings (SSSR count). The van der Waals surface area contributed by atoms with Crippen LogP contribution in [0.1, 0.15) is 28.8 Å². The molecule has 0 aliphatic carbocycles. The summed E-state index contributed by atoms with van der Waals surface area (Å²) in [6.07, 6.45) is 3.44. The van der Waals surface area contributed by atoms with Crippen molar-refractivity contribution < 1.29 is 18.3 Å². The maximum Gasteiger partial charge on any atom is 0.387 e. The van der Waals surface area contributed by atoms with Crippen molar-refractivity contribution >= 4 is 46.3 Å². The van der Waals surface area contributed by atoms with Gasteiger partial charge in [0.15, 0.2) is 11.6 Å². The number of fused-ring (bicyclic) bond motifs is 1. The van der Waals surface area contributed by atoms with Crippen LogP contribution in [0.25, 0.3) is 0 Å². The normalized spacial score (nSPS) is 18.2. The highest BCUT2D eigenvalue weighted by atomic mass is 35.5. The number of nitrogens with one attached hydrogen (secondary N) is 3. The molecular weight excluding hydrogens is 566 g/mol. The van der Waals surface area contributed by atoms with E-state index in [4.69, 9.17) is 16.3 Å². The monoisotopic (exact) mass is 598 g/mol. The number of hydrogen-bond acceptors (Lipinski definition) is 9. The number of aromatic nitrogens is 2. The number of piperidine rings is 1. The Morgan fingerprint density at radius 2 is 1.83 bits per heavy atom. The first-order valence-corrected chi connectivity index (χ1v) is 14.4. The third-order valence-electron chi connectivity index (χ3n) is 8.13. The van der Waals surface area contributed by atoms with Gasteiger partial charge in [0.25, 0.3) is 5.91 Å². The van der Waals surface area contributed by atoms with E-state index in [1.54, 1.807) is 18.2 Å². The summed E-state index contributed by atoms with van der Waals surface area (Å²) in [6.45, 7) is 3.47. The first-order chi connectivity index (χ1) is 20.3. The number of benzene rings is 2. The van der Waals surface area contributed by atoms with Crippen molar-refractivity contribution in [2.75, 3.05) is 61.8 Å². The number of hydrogen-bond donors (Lipinski definition) is 3. The molecule has 4 heterocycles. The standard InChI is InChI=1S/C29H33ClF2N8O2/c1-38-11-13-40(14-12-38)19-7-9-39(10-8-19)20-5-6-22(24(15-20)42-28(31)32)36-29-34-17-21(30)26(37-29)35-23-4-2-3-18-16-33-27(41)25(18)23/h2-6,15,17,19,28H,7-14,16H2,1H3,(H,33,41)(H2,34,35,36,37). The highest BCUT2D eigenvalue weighted by molar-refractivity contribution is 6.33. The number of alkyl halides is 2. The number of likely N-dealkylation sites (N-methyl/N-ethyl adjacent to an activating group) is 1. The molecule has 1 aromatic heterocycles. The molecule has 1 amide bonds. The number of halogens is 3. The van der Waals surface area contributed by atoms with Crippen LogP contribution in [0.5, 0.6) is 5.75 Å². The Bertz CT molecular complexity index is 1450. The number of carbonyl (C=O) groups excluding carboxylic acids is 1. The van der Waals surface area contributed by atoms with E-state index in [9.17, 15) is 13.6 Å². The summed E-state index contributed by atoms with van der Waals surface area (Å²) >= 11 is 6.36. The van der Waals surface area contributed by atoms with Gasteiger partial charge in [-0.1, -0.05) is 23.7 Å². The van der Waals surface area contributed by atoms with E-state index in [1.807, 2.05) is 18.2 Å². The van der Waals surface area contributed by atoms with Gasteiger partial charge in [-0.2, -0.15) is 13.8 Å². The summed E-state index contributed by atoms with van der Waals surface area (Å²) in [6, 6.07) is 11.2. The number of carbonyl (C=O) groups is 1. The minimum atomic E-state index is -3.00. The maximum atomic E-state index is 13.4. The van der Waals surface area contributed by atoms with E-state index in [1.165, 1.54) is 6.20 Å². The molecule has 222 valence electrons. The van der Waals surface area contributed by atoms with Gasteiger partial charge in [-0.25, -0.2) is 4.98 Å². The molecule has 2 fully saturated rings. The van der Waals surface area contributed by atoms with Gasteiger partial charge in [-0.15, -0.1) is 0 Å². The molecule has 0 bridgehead atoms. The molecular formula is C29H33ClF2N8O2. The fourth-order valence-electron chi connectivity index (χ4n) is 5.83. The van der Waals surface area contributed by atoms with Gasteiger partial charge in [-0.3, -0.25) is 9.69 Å². The molecule has 0 radical (unpaired) electrons. The van der Waals surface area contributed by atoms with Crippen molar-refractivity contribution in [3.05, 3.63) is 58.7 Å². The van der Waals surface area contributed by atoms with Crippen LogP contribution < -0.4 is 25.6 Å². The molecule has 3 aromatic rings. The SMILES string of the molecule is CN1CCN(C2CCN(c3ccc(Nc4ncc(Cl)c(Nc5cccc6c5C(=O)NC6)n4)c(OC(F)F)c3)CC2)CC1. The van der Waals surface area contributed by atoms with Gasteiger partial charge in [-0.05, 0) is 43.7 Å². The van der Waals surface area contributed by atoms with Crippen molar-refractivity contribution in [2.24, 2.45) is 0 Å². The molecule has 0 unspecified atom stereocenters. The first kappa shape index (κ1) is 28.4. The van der Waals surface area contributed by atoms with Crippen molar-refractivity contribution in [3.8, 4) is 5.75 Å². The molecule has 2 saturated heterocycles. The molecule has 0 saturated carbocycles. The van der Waals surface area contributed by atoms with Crippen LogP contribution >= 0.6 is 11.6 Å². The van der Waals surface area contributed by atoms with Crippen molar-refractivity contribution in [2.45, 2.75) is 32.0 Å². The zero-order valence-corrected chi connectivity index (χ0v) is 24.0. The number of anilines is 5. The quantitative estimate of drug-likeness (QED) is 0.341. The summed E-state index contributed by atoms with van der Waals surface area (Å²) in [7, 11) is 2.16. The predicted molar refractivity (Wildman–Crippen MR) is 159 cm³/mol. The molecule has 3 aliphatic rings. The van der Waals surface area contributed by atoms with E-state index in [0.29, 0.717) is 29.5 Å². The number of nitrogens with zero attached hydrogens (tertiary/aromatic N) is 5. The molecule has 3 aliphatic heterocycles. The van der Waals surface area contributed by atoms with E-state index in [2.05, 4.69) is 47.7 Å². The van der Waals surface area contributed by atoms with E-state index >= 15 is 0 Å². The summed E-state index contributed by atoms with van der Waals surface area (Å²) < 4.78 is 31.8. The van der Waals surface area contributed by atoms with Crippen LogP contribution in [0, 0.1) is 0 Å². The Balaban J connectivity index is 1.17. The first-order valence-electron chi connectivity index (χ1n) is 14.1. The van der Waals surface area contributed by atoms with E-state index in [-0.39, 0.29) is 28.4 Å². The van der Waals surface area contributed by atoms with Crippen molar-refractivity contribution in [1.29, 1.82) is 0 Å². The minimum absolute atomic E-state index is 0.00528. The highest BCUT2D eigenvalue weighted by Crippen LogP contribution is 2.35. The summed E-state index contributed by atoms with van der Waals surface area (Å²) in [5.41, 5.74) is 3.06. The Morgan fingerprint density at radius 1 is 1.05 bits per heavy atom. The third-order valence-corrected chi connectivity index (χ3v) is 8.40. The summed E-state index contributed by atoms with van der Waals surface area (Å²) in [5.74, 6) is 0.195. The average Bonchev–Trinajstić information content (AvgIpc) is 3.37. The lowest BCUT2D eigenvalue weighted by Crippen LogP contribution is -2.52. The molecule has 10 nitrogen and oxygen atoms in total. The van der Waals surface area contributed by atoms with Gasteiger partial charge in [0, 0.05) is 63.6 Å². The van der Waals surface area contributed by atoms with Gasteiger partial charge in [0.1, 0.15) is 5.02 Å². The van der Waals surface area contributed by atoms with Crippen LogP contribution in [0.4, 0.5) is 37.6 Å². The van der Waals surface area contributed by atoms with Crippen molar-refractivity contribution in [3.63, 3.8) is 0 Å². The van der Waals surface area contributed by atoms with Gasteiger partial charge >= 0.3 is 6.61 Å². The second kappa shape index (κ2) is 12.2. The maximum absolute atomic E-state index is 13.4. The molecule has 2 aromatic carbocycles. The molecule has 0 spiro atoms. The minimum Gasteiger partial charge on any atom is -0.433 e. The number of amides is 1. The zero-order valence-electron chi connectivity index (χ0n) is 23.2. The summed E-state index contributed by atoms with van der Waals surface area (Å²) in [5, 5.41) is 9.13. The number of piperazine rings is 1. The largest absolute Gasteiger partial charge is 0.433 e. The van der Waals surface area contributed by atoms with E-state index < -0.39 is 6.61 Å². The summed E-state index contributed by atoms with van der Waals surface area (Å²) in [4.78, 5) is 28.1. The molecule has 3 N–H and O–H groups in total. The van der Waals surface area contributed by atoms with Crippen LogP contribution in [0.2, 0.25) is 5.02 Å². The second-order valence-electron chi connectivity index (χ2n) is 10.8. The van der Waals surface area contributed by atoms with Gasteiger partial charge < -0.3 is 30.5 Å².